The minimum Gasteiger partial charge on any atom is -0.352 e. The summed E-state index contributed by atoms with van der Waals surface area (Å²) in [5, 5.41) is 5.66. The van der Waals surface area contributed by atoms with Crippen molar-refractivity contribution in [3.8, 4) is 0 Å². The van der Waals surface area contributed by atoms with Gasteiger partial charge in [-0.15, -0.1) is 6.58 Å². The van der Waals surface area contributed by atoms with Crippen LogP contribution in [0.5, 0.6) is 0 Å². The highest BCUT2D eigenvalue weighted by atomic mass is 16.2. The molecule has 0 heterocycles. The highest BCUT2D eigenvalue weighted by Gasteiger charge is 2.36. The van der Waals surface area contributed by atoms with E-state index in [0.29, 0.717) is 6.54 Å². The lowest BCUT2D eigenvalue weighted by Gasteiger charge is -2.28. The fourth-order valence-electron chi connectivity index (χ4n) is 2.10. The Hall–Kier alpha value is -1.32. The first kappa shape index (κ1) is 14.7. The number of carbonyl (C=O) groups is 2. The zero-order valence-electron chi connectivity index (χ0n) is 11.4. The molecule has 1 fully saturated rings. The van der Waals surface area contributed by atoms with Crippen LogP contribution in [0, 0.1) is 5.41 Å². The van der Waals surface area contributed by atoms with Crippen LogP contribution < -0.4 is 10.6 Å². The van der Waals surface area contributed by atoms with E-state index in [9.17, 15) is 9.59 Å². The van der Waals surface area contributed by atoms with E-state index in [0.717, 1.165) is 25.7 Å². The Labute approximate surface area is 109 Å². The molecule has 0 saturated heterocycles. The SMILES string of the molecule is C=CCNC(=O)C(C)(C)C(=O)NC1CCCCC1. The molecule has 18 heavy (non-hydrogen) atoms. The molecule has 1 saturated carbocycles. The fraction of sp³-hybridized carbons (Fsp3) is 0.714. The molecule has 4 heteroatoms. The molecular formula is C14H24N2O2. The molecule has 1 aliphatic rings. The second-order valence-corrected chi connectivity index (χ2v) is 5.43. The molecule has 2 amide bonds. The molecule has 102 valence electrons. The topological polar surface area (TPSA) is 58.2 Å². The van der Waals surface area contributed by atoms with Gasteiger partial charge < -0.3 is 10.6 Å². The third kappa shape index (κ3) is 3.86. The summed E-state index contributed by atoms with van der Waals surface area (Å²) in [6.07, 6.45) is 7.22. The van der Waals surface area contributed by atoms with Crippen molar-refractivity contribution in [2.75, 3.05) is 6.54 Å². The van der Waals surface area contributed by atoms with Gasteiger partial charge in [-0.2, -0.15) is 0 Å². The number of carbonyl (C=O) groups excluding carboxylic acids is 2. The Bertz CT molecular complexity index is 318. The van der Waals surface area contributed by atoms with Crippen LogP contribution in [0.25, 0.3) is 0 Å². The molecule has 1 aliphatic carbocycles. The molecule has 4 nitrogen and oxygen atoms in total. The van der Waals surface area contributed by atoms with Crippen molar-refractivity contribution in [3.63, 3.8) is 0 Å². The van der Waals surface area contributed by atoms with Gasteiger partial charge in [-0.25, -0.2) is 0 Å². The van der Waals surface area contributed by atoms with Crippen LogP contribution in [0.4, 0.5) is 0 Å². The molecule has 0 aliphatic heterocycles. The molecule has 0 atom stereocenters. The first-order valence-corrected chi connectivity index (χ1v) is 6.68. The number of hydrogen-bond acceptors (Lipinski definition) is 2. The maximum Gasteiger partial charge on any atom is 0.235 e. The number of nitrogens with one attached hydrogen (secondary N) is 2. The number of hydrogen-bond donors (Lipinski definition) is 2. The molecule has 0 spiro atoms. The largest absolute Gasteiger partial charge is 0.352 e. The highest BCUT2D eigenvalue weighted by Crippen LogP contribution is 2.21. The average molecular weight is 252 g/mol. The smallest absolute Gasteiger partial charge is 0.235 e. The summed E-state index contributed by atoms with van der Waals surface area (Å²) < 4.78 is 0. The molecule has 0 aromatic rings. The van der Waals surface area contributed by atoms with Crippen molar-refractivity contribution in [1.82, 2.24) is 10.6 Å². The minimum atomic E-state index is -1.03. The van der Waals surface area contributed by atoms with Crippen LogP contribution >= 0.6 is 0 Å². The summed E-state index contributed by atoms with van der Waals surface area (Å²) in [7, 11) is 0. The van der Waals surface area contributed by atoms with Crippen molar-refractivity contribution < 1.29 is 9.59 Å². The van der Waals surface area contributed by atoms with Crippen LogP contribution in [-0.2, 0) is 9.59 Å². The van der Waals surface area contributed by atoms with Crippen LogP contribution in [0.2, 0.25) is 0 Å². The molecule has 2 N–H and O–H groups in total. The Balaban J connectivity index is 2.51. The van der Waals surface area contributed by atoms with Gasteiger partial charge in [0.2, 0.25) is 11.8 Å². The third-order valence-electron chi connectivity index (χ3n) is 3.48. The van der Waals surface area contributed by atoms with E-state index in [1.54, 1.807) is 19.9 Å². The first-order chi connectivity index (χ1) is 8.48. The van der Waals surface area contributed by atoms with Crippen LogP contribution in [-0.4, -0.2) is 24.4 Å². The van der Waals surface area contributed by atoms with Gasteiger partial charge in [0.1, 0.15) is 5.41 Å². The van der Waals surface area contributed by atoms with Crippen molar-refractivity contribution in [3.05, 3.63) is 12.7 Å². The summed E-state index contributed by atoms with van der Waals surface area (Å²) >= 11 is 0. The summed E-state index contributed by atoms with van der Waals surface area (Å²) in [5.41, 5.74) is -1.03. The Kier molecular flexibility index (Phi) is 5.38. The van der Waals surface area contributed by atoms with Crippen molar-refractivity contribution in [2.24, 2.45) is 5.41 Å². The Morgan fingerprint density at radius 1 is 1.22 bits per heavy atom. The number of rotatable bonds is 5. The molecule has 1 rings (SSSR count). The second-order valence-electron chi connectivity index (χ2n) is 5.43. The van der Waals surface area contributed by atoms with E-state index in [4.69, 9.17) is 0 Å². The third-order valence-corrected chi connectivity index (χ3v) is 3.48. The van der Waals surface area contributed by atoms with E-state index >= 15 is 0 Å². The number of amides is 2. The molecular weight excluding hydrogens is 228 g/mol. The van der Waals surface area contributed by atoms with Crippen molar-refractivity contribution in [2.45, 2.75) is 52.0 Å². The van der Waals surface area contributed by atoms with E-state index in [-0.39, 0.29) is 17.9 Å². The van der Waals surface area contributed by atoms with Crippen LogP contribution in [0.15, 0.2) is 12.7 Å². The van der Waals surface area contributed by atoms with Gasteiger partial charge in [0.05, 0.1) is 0 Å². The Morgan fingerprint density at radius 2 is 1.83 bits per heavy atom. The summed E-state index contributed by atoms with van der Waals surface area (Å²) in [6.45, 7) is 7.24. The van der Waals surface area contributed by atoms with E-state index in [1.165, 1.54) is 6.42 Å². The zero-order valence-corrected chi connectivity index (χ0v) is 11.4. The average Bonchev–Trinajstić information content (AvgIpc) is 2.36. The predicted octanol–water partition coefficient (Wildman–Crippen LogP) is 1.76. The lowest BCUT2D eigenvalue weighted by molar-refractivity contribution is -0.141. The maximum absolute atomic E-state index is 12.1. The van der Waals surface area contributed by atoms with Crippen LogP contribution in [0.3, 0.4) is 0 Å². The second kappa shape index (κ2) is 6.57. The van der Waals surface area contributed by atoms with Gasteiger partial charge >= 0.3 is 0 Å². The minimum absolute atomic E-state index is 0.184. The zero-order chi connectivity index (χ0) is 13.6. The first-order valence-electron chi connectivity index (χ1n) is 6.68. The fourth-order valence-corrected chi connectivity index (χ4v) is 2.10. The summed E-state index contributed by atoms with van der Waals surface area (Å²) in [4.78, 5) is 24.0. The van der Waals surface area contributed by atoms with Gasteiger partial charge in [-0.05, 0) is 26.7 Å². The normalized spacial score (nSPS) is 17.0. The standard InChI is InChI=1S/C14H24N2O2/c1-4-10-15-12(17)14(2,3)13(18)16-11-8-6-5-7-9-11/h4,11H,1,5-10H2,2-3H3,(H,15,17)(H,16,18). The summed E-state index contributed by atoms with van der Waals surface area (Å²) in [5.74, 6) is -0.438. The highest BCUT2D eigenvalue weighted by molar-refractivity contribution is 6.04. The lowest BCUT2D eigenvalue weighted by Crippen LogP contribution is -2.50. The van der Waals surface area contributed by atoms with Gasteiger partial charge in [0, 0.05) is 12.6 Å². The maximum atomic E-state index is 12.1. The van der Waals surface area contributed by atoms with E-state index < -0.39 is 5.41 Å². The monoisotopic (exact) mass is 252 g/mol. The van der Waals surface area contributed by atoms with Crippen molar-refractivity contribution >= 4 is 11.8 Å². The lowest BCUT2D eigenvalue weighted by atomic mass is 9.89. The van der Waals surface area contributed by atoms with Gasteiger partial charge in [-0.1, -0.05) is 25.3 Å². The molecule has 0 aromatic heterocycles. The predicted molar refractivity (Wildman–Crippen MR) is 72.0 cm³/mol. The van der Waals surface area contributed by atoms with Crippen LogP contribution in [0.1, 0.15) is 46.0 Å². The van der Waals surface area contributed by atoms with Crippen molar-refractivity contribution in [1.29, 1.82) is 0 Å². The quantitative estimate of drug-likeness (QED) is 0.578. The van der Waals surface area contributed by atoms with Gasteiger partial charge in [-0.3, -0.25) is 9.59 Å². The molecule has 0 aromatic carbocycles. The van der Waals surface area contributed by atoms with E-state index in [1.807, 2.05) is 0 Å². The van der Waals surface area contributed by atoms with E-state index in [2.05, 4.69) is 17.2 Å². The molecule has 0 radical (unpaired) electrons. The Morgan fingerprint density at radius 3 is 2.39 bits per heavy atom. The molecule has 0 bridgehead atoms. The van der Waals surface area contributed by atoms with Gasteiger partial charge in [0.25, 0.3) is 0 Å². The summed E-state index contributed by atoms with van der Waals surface area (Å²) in [6, 6.07) is 0.234. The molecule has 0 unspecified atom stereocenters. The van der Waals surface area contributed by atoms with Gasteiger partial charge in [0.15, 0.2) is 0 Å².